The third kappa shape index (κ3) is 1.13. The van der Waals surface area contributed by atoms with E-state index in [-0.39, 0.29) is 0 Å². The maximum atomic E-state index is 4.39. The first-order valence-corrected chi connectivity index (χ1v) is 5.47. The molecular formula is C11H8N2S. The molecule has 2 nitrogen and oxygen atoms in total. The molecule has 3 heteroatoms. The number of hydrogen-bond acceptors (Lipinski definition) is 3. The van der Waals surface area contributed by atoms with Gasteiger partial charge in [0.25, 0.3) is 0 Å². The van der Waals surface area contributed by atoms with E-state index in [0.29, 0.717) is 0 Å². The van der Waals surface area contributed by atoms with Crippen molar-refractivity contribution in [3.8, 4) is 0 Å². The van der Waals surface area contributed by atoms with Crippen LogP contribution in [0.4, 0.5) is 0 Å². The van der Waals surface area contributed by atoms with Gasteiger partial charge in [0.05, 0.1) is 10.7 Å². The number of thioether (sulfide) groups is 1. The van der Waals surface area contributed by atoms with Crippen molar-refractivity contribution in [2.24, 2.45) is 9.98 Å². The van der Waals surface area contributed by atoms with Crippen molar-refractivity contribution in [2.75, 3.05) is 5.75 Å². The molecule has 0 saturated carbocycles. The summed E-state index contributed by atoms with van der Waals surface area (Å²) in [6.07, 6.45) is 7.86. The standard InChI is InChI=1S/C11H8N2S/c1-5-12-10-3-2-9-8(4-6-13-9)11(10)14-7-1/h1-6H,7H2. The van der Waals surface area contributed by atoms with Gasteiger partial charge in [-0.25, -0.2) is 0 Å². The van der Waals surface area contributed by atoms with Crippen LogP contribution in [-0.2, 0) is 0 Å². The van der Waals surface area contributed by atoms with Crippen LogP contribution in [-0.4, -0.2) is 5.75 Å². The topological polar surface area (TPSA) is 24.7 Å². The van der Waals surface area contributed by atoms with Crippen LogP contribution in [0.5, 0.6) is 0 Å². The predicted molar refractivity (Wildman–Crippen MR) is 57.7 cm³/mol. The summed E-state index contributed by atoms with van der Waals surface area (Å²) in [6, 6.07) is 4.06. The molecule has 0 saturated heterocycles. The molecule has 0 aromatic heterocycles. The number of fused-ring (bicyclic) bond motifs is 3. The molecule has 0 spiro atoms. The lowest BCUT2D eigenvalue weighted by Crippen LogP contribution is -2.14. The van der Waals surface area contributed by atoms with Crippen LogP contribution in [0.1, 0.15) is 5.56 Å². The van der Waals surface area contributed by atoms with Gasteiger partial charge in [0.1, 0.15) is 0 Å². The molecule has 2 aliphatic rings. The fourth-order valence-electron chi connectivity index (χ4n) is 1.60. The Balaban J connectivity index is 2.39. The maximum absolute atomic E-state index is 4.39. The minimum Gasteiger partial charge on any atom is -0.256 e. The summed E-state index contributed by atoms with van der Waals surface area (Å²) in [5.41, 5.74) is 1.22. The zero-order valence-electron chi connectivity index (χ0n) is 7.47. The monoisotopic (exact) mass is 200 g/mol. The van der Waals surface area contributed by atoms with Crippen molar-refractivity contribution >= 4 is 17.8 Å². The Kier molecular flexibility index (Phi) is 1.77. The van der Waals surface area contributed by atoms with Crippen molar-refractivity contribution in [3.05, 3.63) is 46.9 Å². The lowest BCUT2D eigenvalue weighted by Gasteiger charge is -2.01. The third-order valence-electron chi connectivity index (χ3n) is 2.25. The highest BCUT2D eigenvalue weighted by Crippen LogP contribution is 2.20. The lowest BCUT2D eigenvalue weighted by molar-refractivity contribution is 1.19. The molecule has 0 N–H and O–H groups in total. The van der Waals surface area contributed by atoms with E-state index in [1.165, 1.54) is 10.5 Å². The molecule has 68 valence electrons. The van der Waals surface area contributed by atoms with E-state index in [4.69, 9.17) is 0 Å². The van der Waals surface area contributed by atoms with Crippen LogP contribution in [0.25, 0.3) is 6.08 Å². The van der Waals surface area contributed by atoms with E-state index in [1.54, 1.807) is 0 Å². The van der Waals surface area contributed by atoms with Crippen LogP contribution < -0.4 is 10.7 Å². The zero-order valence-corrected chi connectivity index (χ0v) is 8.29. The molecule has 0 aliphatic carbocycles. The minimum absolute atomic E-state index is 0.987. The van der Waals surface area contributed by atoms with Crippen LogP contribution >= 0.6 is 11.8 Å². The van der Waals surface area contributed by atoms with Gasteiger partial charge in [0.2, 0.25) is 0 Å². The molecule has 2 heterocycles. The molecule has 3 rings (SSSR count). The van der Waals surface area contributed by atoms with E-state index < -0.39 is 0 Å². The Labute approximate surface area is 85.8 Å². The van der Waals surface area contributed by atoms with E-state index in [1.807, 2.05) is 36.3 Å². The van der Waals surface area contributed by atoms with Crippen molar-refractivity contribution < 1.29 is 0 Å². The van der Waals surface area contributed by atoms with Gasteiger partial charge in [0, 0.05) is 28.6 Å². The SMILES string of the molecule is C1=CN=c2ccc3c(c2SC1)C=CN=3. The van der Waals surface area contributed by atoms with Crippen LogP contribution in [0.15, 0.2) is 45.5 Å². The van der Waals surface area contributed by atoms with E-state index in [9.17, 15) is 0 Å². The second-order valence-corrected chi connectivity index (χ2v) is 4.15. The number of nitrogens with zero attached hydrogens (tertiary/aromatic N) is 2. The third-order valence-corrected chi connectivity index (χ3v) is 3.33. The molecular weight excluding hydrogens is 192 g/mol. The summed E-state index contributed by atoms with van der Waals surface area (Å²) in [6.45, 7) is 0. The van der Waals surface area contributed by atoms with Gasteiger partial charge >= 0.3 is 0 Å². The lowest BCUT2D eigenvalue weighted by atomic mass is 10.2. The fourth-order valence-corrected chi connectivity index (χ4v) is 2.55. The zero-order chi connectivity index (χ0) is 9.38. The summed E-state index contributed by atoms with van der Waals surface area (Å²) < 4.78 is 0. The van der Waals surface area contributed by atoms with Crippen molar-refractivity contribution in [1.29, 1.82) is 0 Å². The Morgan fingerprint density at radius 2 is 1.93 bits per heavy atom. The first kappa shape index (κ1) is 8.00. The Morgan fingerprint density at radius 1 is 1.07 bits per heavy atom. The summed E-state index contributed by atoms with van der Waals surface area (Å²) in [5.74, 6) is 0.987. The average Bonchev–Trinajstić information content (AvgIpc) is 2.55. The predicted octanol–water partition coefficient (Wildman–Crippen LogP) is 1.53. The second-order valence-electron chi connectivity index (χ2n) is 3.12. The van der Waals surface area contributed by atoms with Crippen LogP contribution in [0.3, 0.4) is 0 Å². The van der Waals surface area contributed by atoms with Gasteiger partial charge in [-0.15, -0.1) is 11.8 Å². The molecule has 14 heavy (non-hydrogen) atoms. The van der Waals surface area contributed by atoms with Gasteiger partial charge in [-0.2, -0.15) is 0 Å². The van der Waals surface area contributed by atoms with Gasteiger partial charge in [0.15, 0.2) is 0 Å². The average molecular weight is 200 g/mol. The normalized spacial score (nSPS) is 16.6. The number of benzene rings is 1. The molecule has 1 aromatic rings. The highest BCUT2D eigenvalue weighted by Gasteiger charge is 2.09. The van der Waals surface area contributed by atoms with E-state index in [0.717, 1.165) is 16.5 Å². The first-order valence-electron chi connectivity index (χ1n) is 4.48. The highest BCUT2D eigenvalue weighted by atomic mass is 32.2. The first-order chi connectivity index (χ1) is 6.95. The quantitative estimate of drug-likeness (QED) is 0.623. The molecule has 0 unspecified atom stereocenters. The van der Waals surface area contributed by atoms with Gasteiger partial charge < -0.3 is 0 Å². The largest absolute Gasteiger partial charge is 0.256 e. The van der Waals surface area contributed by atoms with Crippen LogP contribution in [0.2, 0.25) is 0 Å². The fraction of sp³-hybridized carbons (Fsp3) is 0.0909. The summed E-state index contributed by atoms with van der Waals surface area (Å²) in [4.78, 5) is 9.92. The number of hydrogen-bond donors (Lipinski definition) is 0. The van der Waals surface area contributed by atoms with E-state index in [2.05, 4.69) is 22.1 Å². The molecule has 2 aliphatic heterocycles. The second kappa shape index (κ2) is 3.10. The molecule has 0 bridgehead atoms. The molecule has 1 aromatic carbocycles. The van der Waals surface area contributed by atoms with Crippen molar-refractivity contribution in [1.82, 2.24) is 0 Å². The van der Waals surface area contributed by atoms with Crippen LogP contribution in [0, 0.1) is 0 Å². The van der Waals surface area contributed by atoms with E-state index >= 15 is 0 Å². The molecule has 0 radical (unpaired) electrons. The maximum Gasteiger partial charge on any atom is 0.0773 e. The minimum atomic E-state index is 0.987. The Bertz CT molecular complexity index is 555. The molecule has 0 amide bonds. The summed E-state index contributed by atoms with van der Waals surface area (Å²) in [5, 5.41) is 2.12. The smallest absolute Gasteiger partial charge is 0.0773 e. The summed E-state index contributed by atoms with van der Waals surface area (Å²) >= 11 is 1.82. The molecule has 0 atom stereocenters. The summed E-state index contributed by atoms with van der Waals surface area (Å²) in [7, 11) is 0. The van der Waals surface area contributed by atoms with Gasteiger partial charge in [-0.1, -0.05) is 6.08 Å². The van der Waals surface area contributed by atoms with Crippen molar-refractivity contribution in [3.63, 3.8) is 0 Å². The van der Waals surface area contributed by atoms with Gasteiger partial charge in [-0.3, -0.25) is 9.98 Å². The number of rotatable bonds is 0. The highest BCUT2D eigenvalue weighted by molar-refractivity contribution is 7.99. The Hall–Kier alpha value is -1.35. The Morgan fingerprint density at radius 3 is 2.93 bits per heavy atom. The molecule has 0 fully saturated rings. The van der Waals surface area contributed by atoms with Crippen molar-refractivity contribution in [2.45, 2.75) is 4.90 Å². The van der Waals surface area contributed by atoms with Gasteiger partial charge in [-0.05, 0) is 18.2 Å².